The highest BCUT2D eigenvalue weighted by Crippen LogP contribution is 2.19. The van der Waals surface area contributed by atoms with Crippen LogP contribution >= 0.6 is 0 Å². The van der Waals surface area contributed by atoms with Crippen molar-refractivity contribution in [1.29, 1.82) is 0 Å². The number of ether oxygens (including phenoxy) is 2. The van der Waals surface area contributed by atoms with Gasteiger partial charge in [-0.1, -0.05) is 12.1 Å². The van der Waals surface area contributed by atoms with Gasteiger partial charge in [-0.25, -0.2) is 19.4 Å². The number of esters is 2. The molecule has 34 heavy (non-hydrogen) atoms. The lowest BCUT2D eigenvalue weighted by Gasteiger charge is -2.20. The molecule has 182 valence electrons. The van der Waals surface area contributed by atoms with Crippen molar-refractivity contribution in [3.05, 3.63) is 52.3 Å². The van der Waals surface area contributed by atoms with Gasteiger partial charge in [-0.2, -0.15) is 4.98 Å². The van der Waals surface area contributed by atoms with Crippen LogP contribution in [0, 0.1) is 6.92 Å². The molecule has 3 rings (SSSR count). The first kappa shape index (κ1) is 26.1. The van der Waals surface area contributed by atoms with Crippen molar-refractivity contribution < 1.29 is 29.0 Å². The predicted molar refractivity (Wildman–Crippen MR) is 124 cm³/mol. The molecule has 0 bridgehead atoms. The third-order valence-corrected chi connectivity index (χ3v) is 4.40. The normalized spacial score (nSPS) is 10.9. The van der Waals surface area contributed by atoms with Crippen molar-refractivity contribution in [2.75, 3.05) is 18.6 Å². The quantitative estimate of drug-likeness (QED) is 0.404. The molecule has 3 aromatic rings. The summed E-state index contributed by atoms with van der Waals surface area (Å²) in [4.78, 5) is 41.8. The SMILES string of the molecule is COC(=O)c1cc(C(=O)O)nc2c(N)nc(N)n12.Cc1cc(CN)ccc1C(=O)OC(C)(C)C. The molecule has 7 N–H and O–H groups in total. The van der Waals surface area contributed by atoms with Crippen molar-refractivity contribution in [3.8, 4) is 0 Å². The van der Waals surface area contributed by atoms with Crippen LogP contribution < -0.4 is 17.2 Å². The van der Waals surface area contributed by atoms with Gasteiger partial charge in [0.05, 0.1) is 12.7 Å². The minimum absolute atomic E-state index is 0.00667. The summed E-state index contributed by atoms with van der Waals surface area (Å²) in [7, 11) is 1.16. The summed E-state index contributed by atoms with van der Waals surface area (Å²) in [6.07, 6.45) is 0. The van der Waals surface area contributed by atoms with E-state index < -0.39 is 17.5 Å². The fourth-order valence-electron chi connectivity index (χ4n) is 2.91. The molecule has 0 amide bonds. The number of aromatic carboxylic acids is 1. The van der Waals surface area contributed by atoms with E-state index in [1.54, 1.807) is 6.07 Å². The Morgan fingerprint density at radius 3 is 2.24 bits per heavy atom. The van der Waals surface area contributed by atoms with Crippen LogP contribution in [0.3, 0.4) is 0 Å². The van der Waals surface area contributed by atoms with E-state index in [0.29, 0.717) is 12.1 Å². The predicted octanol–water partition coefficient (Wildman–Crippen LogP) is 1.79. The van der Waals surface area contributed by atoms with Gasteiger partial charge in [-0.05, 0) is 44.9 Å². The highest BCUT2D eigenvalue weighted by atomic mass is 16.6. The lowest BCUT2D eigenvalue weighted by molar-refractivity contribution is 0.00683. The molecule has 0 unspecified atom stereocenters. The zero-order valence-corrected chi connectivity index (χ0v) is 19.6. The number of nitrogens with two attached hydrogens (primary N) is 3. The number of rotatable bonds is 4. The molecule has 0 saturated carbocycles. The van der Waals surface area contributed by atoms with Crippen molar-refractivity contribution in [1.82, 2.24) is 14.4 Å². The lowest BCUT2D eigenvalue weighted by Crippen LogP contribution is -2.24. The molecule has 0 aliphatic carbocycles. The molecular weight excluding hydrogens is 444 g/mol. The van der Waals surface area contributed by atoms with Gasteiger partial charge in [-0.3, -0.25) is 4.40 Å². The Bertz CT molecular complexity index is 1240. The van der Waals surface area contributed by atoms with Crippen LogP contribution in [-0.2, 0) is 16.0 Å². The molecule has 0 aliphatic rings. The van der Waals surface area contributed by atoms with Crippen LogP contribution in [0.1, 0.15) is 63.2 Å². The molecule has 12 nitrogen and oxygen atoms in total. The highest BCUT2D eigenvalue weighted by Gasteiger charge is 2.21. The molecule has 2 aromatic heterocycles. The number of methoxy groups -OCH3 is 1. The second-order valence-corrected chi connectivity index (χ2v) is 8.19. The van der Waals surface area contributed by atoms with Gasteiger partial charge < -0.3 is 31.8 Å². The minimum Gasteiger partial charge on any atom is -0.477 e. The molecule has 12 heteroatoms. The largest absolute Gasteiger partial charge is 0.477 e. The van der Waals surface area contributed by atoms with E-state index in [1.807, 2.05) is 39.8 Å². The number of anilines is 2. The Balaban J connectivity index is 0.000000242. The summed E-state index contributed by atoms with van der Waals surface area (Å²) in [6.45, 7) is 7.94. The van der Waals surface area contributed by atoms with Crippen molar-refractivity contribution in [2.45, 2.75) is 39.8 Å². The Kier molecular flexibility index (Phi) is 7.80. The third-order valence-electron chi connectivity index (χ3n) is 4.40. The number of carbonyl (C=O) groups excluding carboxylic acids is 2. The number of aryl methyl sites for hydroxylation is 1. The van der Waals surface area contributed by atoms with E-state index in [1.165, 1.54) is 0 Å². The maximum absolute atomic E-state index is 11.8. The number of carboxylic acid groups (broad SMARTS) is 1. The number of carboxylic acids is 1. The number of imidazole rings is 1. The van der Waals surface area contributed by atoms with Crippen molar-refractivity contribution >= 4 is 35.3 Å². The Hall–Kier alpha value is -4.19. The van der Waals surface area contributed by atoms with Gasteiger partial charge in [0.25, 0.3) is 0 Å². The van der Waals surface area contributed by atoms with Crippen LogP contribution in [0.4, 0.5) is 11.8 Å². The molecule has 0 saturated heterocycles. The van der Waals surface area contributed by atoms with E-state index in [2.05, 4.69) is 14.7 Å². The van der Waals surface area contributed by atoms with Gasteiger partial charge in [0.2, 0.25) is 5.95 Å². The first-order chi connectivity index (χ1) is 15.8. The van der Waals surface area contributed by atoms with Crippen LogP contribution in [0.5, 0.6) is 0 Å². The number of benzene rings is 1. The van der Waals surface area contributed by atoms with E-state index in [0.717, 1.165) is 28.7 Å². The molecule has 2 heterocycles. The van der Waals surface area contributed by atoms with E-state index >= 15 is 0 Å². The number of nitrogens with zero attached hydrogens (tertiary/aromatic N) is 3. The van der Waals surface area contributed by atoms with Gasteiger partial charge in [0, 0.05) is 12.6 Å². The zero-order valence-electron chi connectivity index (χ0n) is 19.6. The topological polar surface area (TPSA) is 198 Å². The fraction of sp³-hybridized carbons (Fsp3) is 0.318. The first-order valence-electron chi connectivity index (χ1n) is 10.1. The third kappa shape index (κ3) is 5.98. The summed E-state index contributed by atoms with van der Waals surface area (Å²) in [6, 6.07) is 6.58. The van der Waals surface area contributed by atoms with Crippen LogP contribution in [-0.4, -0.2) is 50.1 Å². The van der Waals surface area contributed by atoms with Crippen LogP contribution in [0.2, 0.25) is 0 Å². The highest BCUT2D eigenvalue weighted by molar-refractivity contribution is 5.94. The summed E-state index contributed by atoms with van der Waals surface area (Å²) in [5.41, 5.74) is 18.2. The molecule has 1 aromatic carbocycles. The summed E-state index contributed by atoms with van der Waals surface area (Å²) in [5.74, 6) is -2.50. The Morgan fingerprint density at radius 2 is 1.74 bits per heavy atom. The smallest absolute Gasteiger partial charge is 0.355 e. The standard InChI is InChI=1S/C13H19NO2.C9H9N5O4/c1-9-7-10(8-14)5-6-11(9)12(15)16-13(2,3)4;1-18-8(17)4-2-3(7(15)16)12-6-5(10)13-9(11)14(4)6/h5-7H,8,14H2,1-4H3;2H,10H2,1H3,(H2,11,13)(H,15,16). The van der Waals surface area contributed by atoms with Gasteiger partial charge in [-0.15, -0.1) is 0 Å². The van der Waals surface area contributed by atoms with Gasteiger partial charge in [0.1, 0.15) is 11.3 Å². The average molecular weight is 473 g/mol. The Morgan fingerprint density at radius 1 is 1.09 bits per heavy atom. The van der Waals surface area contributed by atoms with Gasteiger partial charge in [0.15, 0.2) is 17.2 Å². The number of carbonyl (C=O) groups is 3. The van der Waals surface area contributed by atoms with Crippen molar-refractivity contribution in [2.24, 2.45) is 5.73 Å². The Labute approximate surface area is 195 Å². The van der Waals surface area contributed by atoms with E-state index in [-0.39, 0.29) is 34.8 Å². The molecule has 0 fully saturated rings. The van der Waals surface area contributed by atoms with Crippen molar-refractivity contribution in [3.63, 3.8) is 0 Å². The van der Waals surface area contributed by atoms with E-state index in [4.69, 9.17) is 27.0 Å². The molecule has 0 aliphatic heterocycles. The van der Waals surface area contributed by atoms with Crippen LogP contribution in [0.15, 0.2) is 24.3 Å². The summed E-state index contributed by atoms with van der Waals surface area (Å²) >= 11 is 0. The van der Waals surface area contributed by atoms with E-state index in [9.17, 15) is 14.4 Å². The number of hydrogen-bond acceptors (Lipinski definition) is 10. The average Bonchev–Trinajstić information content (AvgIpc) is 3.05. The number of nitrogen functional groups attached to an aromatic ring is 2. The van der Waals surface area contributed by atoms with Crippen LogP contribution in [0.25, 0.3) is 5.65 Å². The second-order valence-electron chi connectivity index (χ2n) is 8.19. The molecule has 0 atom stereocenters. The first-order valence-corrected chi connectivity index (χ1v) is 10.1. The zero-order chi connectivity index (χ0) is 25.8. The second kappa shape index (κ2) is 10.2. The number of aromatic nitrogens is 3. The minimum atomic E-state index is -1.30. The lowest BCUT2D eigenvalue weighted by atomic mass is 10.0. The summed E-state index contributed by atoms with van der Waals surface area (Å²) < 4.78 is 11.0. The summed E-state index contributed by atoms with van der Waals surface area (Å²) in [5, 5.41) is 8.90. The number of hydrogen-bond donors (Lipinski definition) is 4. The fourth-order valence-corrected chi connectivity index (χ4v) is 2.91. The molecular formula is C22H28N6O6. The monoisotopic (exact) mass is 472 g/mol. The number of fused-ring (bicyclic) bond motifs is 1. The maximum atomic E-state index is 11.8. The molecule has 0 radical (unpaired) electrons. The van der Waals surface area contributed by atoms with Gasteiger partial charge >= 0.3 is 17.9 Å². The maximum Gasteiger partial charge on any atom is 0.355 e. The molecule has 0 spiro atoms.